The summed E-state index contributed by atoms with van der Waals surface area (Å²) in [5, 5.41) is 6.64. The first kappa shape index (κ1) is 24.8. The number of ether oxygens (including phenoxy) is 4. The highest BCUT2D eigenvalue weighted by Crippen LogP contribution is 2.34. The van der Waals surface area contributed by atoms with Crippen LogP contribution in [0.4, 0.5) is 4.39 Å². The van der Waals surface area contributed by atoms with Gasteiger partial charge in [0.15, 0.2) is 12.6 Å². The van der Waals surface area contributed by atoms with Crippen LogP contribution in [0.1, 0.15) is 15.9 Å². The number of methoxy groups -OCH3 is 2. The van der Waals surface area contributed by atoms with Crippen molar-refractivity contribution in [2.75, 3.05) is 27.7 Å². The molecule has 0 spiro atoms. The lowest BCUT2D eigenvalue weighted by Gasteiger charge is -2.14. The fourth-order valence-corrected chi connectivity index (χ4v) is 3.39. The molecule has 2 heterocycles. The molecule has 1 amide bonds. The normalized spacial score (nSPS) is 11.0. The van der Waals surface area contributed by atoms with Gasteiger partial charge in [0.05, 0.1) is 0 Å². The number of halogens is 1. The molecule has 188 valence electrons. The molecule has 0 saturated carbocycles. The van der Waals surface area contributed by atoms with Crippen LogP contribution in [0.25, 0.3) is 22.6 Å². The van der Waals surface area contributed by atoms with Crippen LogP contribution in [0.2, 0.25) is 0 Å². The minimum absolute atomic E-state index is 0.00272. The second-order valence-corrected chi connectivity index (χ2v) is 7.55. The molecule has 12 heteroatoms. The number of nitrogens with zero attached hydrogens (tertiary/aromatic N) is 3. The molecule has 0 aliphatic heterocycles. The molecule has 0 aliphatic rings. The molecule has 11 nitrogen and oxygen atoms in total. The molecular weight excluding hydrogens is 475 g/mol. The predicted octanol–water partition coefficient (Wildman–Crippen LogP) is 2.62. The lowest BCUT2D eigenvalue weighted by Crippen LogP contribution is -2.25. The Labute approximate surface area is 204 Å². The largest absolute Gasteiger partial charge is 0.488 e. The lowest BCUT2D eigenvalue weighted by atomic mass is 10.1. The van der Waals surface area contributed by atoms with Crippen molar-refractivity contribution in [3.63, 3.8) is 0 Å². The van der Waals surface area contributed by atoms with Gasteiger partial charge in [-0.1, -0.05) is 12.1 Å². The number of fused-ring (bicyclic) bond motifs is 1. The topological polar surface area (TPSA) is 127 Å². The van der Waals surface area contributed by atoms with Crippen LogP contribution in [0.3, 0.4) is 0 Å². The quantitative estimate of drug-likeness (QED) is 0.328. The van der Waals surface area contributed by atoms with E-state index in [1.165, 1.54) is 49.5 Å². The van der Waals surface area contributed by atoms with Crippen molar-refractivity contribution in [2.45, 2.75) is 6.61 Å². The fourth-order valence-electron chi connectivity index (χ4n) is 3.39. The molecule has 4 aromatic rings. The van der Waals surface area contributed by atoms with Gasteiger partial charge in [0, 0.05) is 26.8 Å². The number of carbonyl (C=O) groups excluding carboxylic acids is 1. The van der Waals surface area contributed by atoms with Crippen molar-refractivity contribution in [2.24, 2.45) is 7.05 Å². The molecule has 0 aliphatic carbocycles. The van der Waals surface area contributed by atoms with Gasteiger partial charge < -0.3 is 28.7 Å². The van der Waals surface area contributed by atoms with Crippen LogP contribution < -0.4 is 20.2 Å². The van der Waals surface area contributed by atoms with E-state index in [2.05, 4.69) is 15.4 Å². The van der Waals surface area contributed by atoms with E-state index in [0.717, 1.165) is 0 Å². The van der Waals surface area contributed by atoms with Gasteiger partial charge in [0.1, 0.15) is 42.2 Å². The van der Waals surface area contributed by atoms with Gasteiger partial charge in [0.2, 0.25) is 16.9 Å². The summed E-state index contributed by atoms with van der Waals surface area (Å²) >= 11 is 0. The van der Waals surface area contributed by atoms with Gasteiger partial charge in [-0.25, -0.2) is 14.1 Å². The predicted molar refractivity (Wildman–Crippen MR) is 125 cm³/mol. The van der Waals surface area contributed by atoms with E-state index in [9.17, 15) is 14.0 Å². The maximum absolute atomic E-state index is 13.6. The first-order valence-electron chi connectivity index (χ1n) is 10.7. The van der Waals surface area contributed by atoms with Crippen LogP contribution in [-0.2, 0) is 23.1 Å². The number of carbonyl (C=O) groups is 1. The highest BCUT2D eigenvalue weighted by Gasteiger charge is 2.25. The van der Waals surface area contributed by atoms with Crippen LogP contribution in [-0.4, -0.2) is 48.4 Å². The molecular formula is C24H23FN4O7. The van der Waals surface area contributed by atoms with E-state index >= 15 is 0 Å². The number of aryl methyl sites for hydroxylation is 1. The van der Waals surface area contributed by atoms with Gasteiger partial charge in [-0.15, -0.1) is 0 Å². The molecule has 2 aromatic heterocycles. The number of hydrogen-bond donors (Lipinski definition) is 1. The third-order valence-electron chi connectivity index (χ3n) is 5.10. The summed E-state index contributed by atoms with van der Waals surface area (Å²) in [6.07, 6.45) is 1.30. The van der Waals surface area contributed by atoms with Gasteiger partial charge >= 0.3 is 0 Å². The molecule has 1 N–H and O–H groups in total. The Morgan fingerprint density at radius 1 is 1.14 bits per heavy atom. The van der Waals surface area contributed by atoms with Crippen molar-refractivity contribution >= 4 is 16.9 Å². The Bertz CT molecular complexity index is 1430. The molecule has 2 aromatic carbocycles. The van der Waals surface area contributed by atoms with E-state index in [1.807, 2.05) is 0 Å². The van der Waals surface area contributed by atoms with Gasteiger partial charge in [0.25, 0.3) is 5.91 Å². The number of hydrogen-bond acceptors (Lipinski definition) is 9. The number of amides is 1. The molecule has 4 rings (SSSR count). The summed E-state index contributed by atoms with van der Waals surface area (Å²) in [6, 6.07) is 8.51. The maximum atomic E-state index is 13.6. The minimum Gasteiger partial charge on any atom is -0.488 e. The van der Waals surface area contributed by atoms with Crippen molar-refractivity contribution in [3.05, 3.63) is 69.9 Å². The molecule has 36 heavy (non-hydrogen) atoms. The Balaban J connectivity index is 1.89. The SMILES string of the molecule is COCNC(=O)c1cc(OCc2ccc(F)cc2)c2c(=O)c(OCOC)c(-c3ncnn3C)oc2c1. The lowest BCUT2D eigenvalue weighted by molar-refractivity contribution is 0.0497. The average Bonchev–Trinajstić information content (AvgIpc) is 3.31. The zero-order valence-electron chi connectivity index (χ0n) is 19.7. The third kappa shape index (κ3) is 5.19. The van der Waals surface area contributed by atoms with Crippen molar-refractivity contribution in [1.82, 2.24) is 20.1 Å². The number of rotatable bonds is 10. The van der Waals surface area contributed by atoms with Gasteiger partial charge in [-0.2, -0.15) is 5.10 Å². The van der Waals surface area contributed by atoms with E-state index in [4.69, 9.17) is 23.4 Å². The third-order valence-corrected chi connectivity index (χ3v) is 5.10. The maximum Gasteiger partial charge on any atom is 0.253 e. The summed E-state index contributed by atoms with van der Waals surface area (Å²) in [7, 11) is 4.47. The van der Waals surface area contributed by atoms with Gasteiger partial charge in [-0.3, -0.25) is 9.59 Å². The summed E-state index contributed by atoms with van der Waals surface area (Å²) in [6.45, 7) is -0.262. The zero-order chi connectivity index (χ0) is 25.7. The zero-order valence-corrected chi connectivity index (χ0v) is 19.7. The van der Waals surface area contributed by atoms with Crippen molar-refractivity contribution in [3.8, 4) is 23.1 Å². The van der Waals surface area contributed by atoms with Crippen LogP contribution >= 0.6 is 0 Å². The second-order valence-electron chi connectivity index (χ2n) is 7.55. The highest BCUT2D eigenvalue weighted by molar-refractivity contribution is 6.00. The monoisotopic (exact) mass is 498 g/mol. The molecule has 0 saturated heterocycles. The van der Waals surface area contributed by atoms with E-state index in [-0.39, 0.29) is 59.7 Å². The second kappa shape index (κ2) is 11.0. The van der Waals surface area contributed by atoms with Gasteiger partial charge in [-0.05, 0) is 29.8 Å². The van der Waals surface area contributed by atoms with Crippen molar-refractivity contribution in [1.29, 1.82) is 0 Å². The Hall–Kier alpha value is -4.29. The standard InChI is InChI=1S/C24H23FN4O7/c1-29-23(26-11-28-29)22-21(35-13-33-3)20(30)19-17(34-10-14-4-6-16(25)7-5-14)8-15(9-18(19)36-22)24(31)27-12-32-2/h4-9,11H,10,12-13H2,1-3H3,(H,27,31). The molecule has 0 bridgehead atoms. The average molecular weight is 498 g/mol. The Morgan fingerprint density at radius 3 is 2.58 bits per heavy atom. The number of aromatic nitrogens is 3. The first-order valence-corrected chi connectivity index (χ1v) is 10.7. The van der Waals surface area contributed by atoms with E-state index in [0.29, 0.717) is 5.56 Å². The summed E-state index contributed by atoms with van der Waals surface area (Å²) < 4.78 is 42.1. The number of nitrogens with one attached hydrogen (secondary N) is 1. The van der Waals surface area contributed by atoms with Crippen LogP contribution in [0.5, 0.6) is 11.5 Å². The highest BCUT2D eigenvalue weighted by atomic mass is 19.1. The first-order chi connectivity index (χ1) is 17.4. The smallest absolute Gasteiger partial charge is 0.253 e. The molecule has 0 atom stereocenters. The summed E-state index contributed by atoms with van der Waals surface area (Å²) in [5.74, 6) is -0.735. The summed E-state index contributed by atoms with van der Waals surface area (Å²) in [5.41, 5.74) is 0.298. The van der Waals surface area contributed by atoms with E-state index < -0.39 is 17.2 Å². The van der Waals surface area contributed by atoms with Crippen LogP contribution in [0.15, 0.2) is 51.9 Å². The molecule has 0 unspecified atom stereocenters. The van der Waals surface area contributed by atoms with Crippen molar-refractivity contribution < 1.29 is 32.5 Å². The van der Waals surface area contributed by atoms with Crippen LogP contribution in [0, 0.1) is 5.82 Å². The fraction of sp³-hybridized carbons (Fsp3) is 0.250. The molecule has 0 fully saturated rings. The molecule has 0 radical (unpaired) electrons. The van der Waals surface area contributed by atoms with E-state index in [1.54, 1.807) is 19.2 Å². The Morgan fingerprint density at radius 2 is 1.92 bits per heavy atom. The number of benzene rings is 2. The minimum atomic E-state index is -0.566. The summed E-state index contributed by atoms with van der Waals surface area (Å²) in [4.78, 5) is 30.5. The Kier molecular flexibility index (Phi) is 7.56.